The van der Waals surface area contributed by atoms with Gasteiger partial charge in [0.25, 0.3) is 11.5 Å². The second-order valence-electron chi connectivity index (χ2n) is 7.03. The van der Waals surface area contributed by atoms with E-state index in [0.717, 1.165) is 22.3 Å². The SMILES string of the molecule is CCc1ccc(N(C(=O)Cn2cnc3sccc3c2=O)c2nc3ccccc3s2)cc1. The summed E-state index contributed by atoms with van der Waals surface area (Å²) in [4.78, 5) is 37.5. The van der Waals surface area contributed by atoms with E-state index < -0.39 is 0 Å². The number of para-hydroxylation sites is 1. The van der Waals surface area contributed by atoms with Crippen LogP contribution in [0.2, 0.25) is 0 Å². The van der Waals surface area contributed by atoms with E-state index in [4.69, 9.17) is 0 Å². The van der Waals surface area contributed by atoms with Crippen molar-refractivity contribution in [2.75, 3.05) is 4.90 Å². The third kappa shape index (κ3) is 3.64. The van der Waals surface area contributed by atoms with Gasteiger partial charge in [0.2, 0.25) is 0 Å². The number of benzene rings is 2. The minimum Gasteiger partial charge on any atom is -0.289 e. The number of nitrogens with zero attached hydrogens (tertiary/aromatic N) is 4. The number of carbonyl (C=O) groups excluding carboxylic acids is 1. The van der Waals surface area contributed by atoms with Crippen LogP contribution in [0, 0.1) is 0 Å². The Hall–Kier alpha value is -3.36. The molecule has 3 heterocycles. The molecule has 0 saturated carbocycles. The molecule has 1 amide bonds. The largest absolute Gasteiger partial charge is 0.289 e. The average Bonchev–Trinajstić information content (AvgIpc) is 3.43. The summed E-state index contributed by atoms with van der Waals surface area (Å²) in [6.45, 7) is 1.97. The fourth-order valence-corrected chi connectivity index (χ4v) is 5.15. The Morgan fingerprint density at radius 3 is 2.68 bits per heavy atom. The zero-order chi connectivity index (χ0) is 21.4. The lowest BCUT2D eigenvalue weighted by Crippen LogP contribution is -2.33. The number of amides is 1. The lowest BCUT2D eigenvalue weighted by Gasteiger charge is -2.20. The Balaban J connectivity index is 1.57. The number of rotatable bonds is 5. The molecule has 8 heteroatoms. The van der Waals surface area contributed by atoms with Gasteiger partial charge in [0, 0.05) is 0 Å². The van der Waals surface area contributed by atoms with Gasteiger partial charge in [0.15, 0.2) is 5.13 Å². The van der Waals surface area contributed by atoms with Gasteiger partial charge in [-0.15, -0.1) is 11.3 Å². The highest BCUT2D eigenvalue weighted by Gasteiger charge is 2.23. The first-order chi connectivity index (χ1) is 15.1. The molecule has 0 aliphatic rings. The van der Waals surface area contributed by atoms with Gasteiger partial charge in [0.05, 0.1) is 27.6 Å². The number of aromatic nitrogens is 3. The van der Waals surface area contributed by atoms with Crippen molar-refractivity contribution in [1.29, 1.82) is 0 Å². The first-order valence-corrected chi connectivity index (χ1v) is 11.5. The monoisotopic (exact) mass is 446 g/mol. The molecule has 0 radical (unpaired) electrons. The van der Waals surface area contributed by atoms with E-state index in [1.807, 2.05) is 53.9 Å². The molecule has 3 aromatic heterocycles. The standard InChI is InChI=1S/C23H18N4O2S2/c1-2-15-7-9-16(10-8-15)27(23-25-18-5-3-4-6-19(18)31-23)20(28)13-26-14-24-21-17(22(26)29)11-12-30-21/h3-12,14H,2,13H2,1H3. The number of aryl methyl sites for hydroxylation is 1. The van der Waals surface area contributed by atoms with Crippen molar-refractivity contribution in [2.24, 2.45) is 0 Å². The number of anilines is 2. The number of hydrogen-bond acceptors (Lipinski definition) is 6. The summed E-state index contributed by atoms with van der Waals surface area (Å²) in [7, 11) is 0. The Morgan fingerprint density at radius 1 is 1.10 bits per heavy atom. The molecule has 31 heavy (non-hydrogen) atoms. The summed E-state index contributed by atoms with van der Waals surface area (Å²) in [5.74, 6) is -0.248. The van der Waals surface area contributed by atoms with E-state index in [1.54, 1.807) is 11.0 Å². The zero-order valence-electron chi connectivity index (χ0n) is 16.7. The summed E-state index contributed by atoms with van der Waals surface area (Å²) in [5, 5.41) is 2.93. The molecule has 0 spiro atoms. The smallest absolute Gasteiger partial charge is 0.262 e. The van der Waals surface area contributed by atoms with Crippen molar-refractivity contribution in [3.05, 3.63) is 82.2 Å². The number of thiazole rings is 1. The van der Waals surface area contributed by atoms with E-state index >= 15 is 0 Å². The summed E-state index contributed by atoms with van der Waals surface area (Å²) >= 11 is 2.86. The van der Waals surface area contributed by atoms with Crippen molar-refractivity contribution in [3.63, 3.8) is 0 Å². The topological polar surface area (TPSA) is 68.1 Å². The summed E-state index contributed by atoms with van der Waals surface area (Å²) < 4.78 is 2.36. The van der Waals surface area contributed by atoms with E-state index in [2.05, 4.69) is 16.9 Å². The van der Waals surface area contributed by atoms with Crippen LogP contribution in [-0.4, -0.2) is 20.4 Å². The molecule has 0 aliphatic heterocycles. The van der Waals surface area contributed by atoms with E-state index in [-0.39, 0.29) is 18.0 Å². The molecule has 0 unspecified atom stereocenters. The van der Waals surface area contributed by atoms with Crippen molar-refractivity contribution in [1.82, 2.24) is 14.5 Å². The van der Waals surface area contributed by atoms with Crippen molar-refractivity contribution in [2.45, 2.75) is 19.9 Å². The van der Waals surface area contributed by atoms with Crippen LogP contribution in [0.3, 0.4) is 0 Å². The number of carbonyl (C=O) groups is 1. The van der Waals surface area contributed by atoms with E-state index in [1.165, 1.54) is 39.1 Å². The number of fused-ring (bicyclic) bond motifs is 2. The molecule has 2 aromatic carbocycles. The van der Waals surface area contributed by atoms with Crippen LogP contribution in [0.15, 0.2) is 71.1 Å². The maximum absolute atomic E-state index is 13.5. The fraction of sp³-hybridized carbons (Fsp3) is 0.130. The van der Waals surface area contributed by atoms with Crippen LogP contribution in [0.1, 0.15) is 12.5 Å². The highest BCUT2D eigenvalue weighted by Crippen LogP contribution is 2.33. The second kappa shape index (κ2) is 8.05. The van der Waals surface area contributed by atoms with Crippen LogP contribution in [0.4, 0.5) is 10.8 Å². The molecular formula is C23H18N4O2S2. The minimum atomic E-state index is -0.248. The Morgan fingerprint density at radius 2 is 1.90 bits per heavy atom. The van der Waals surface area contributed by atoms with Crippen molar-refractivity contribution < 1.29 is 4.79 Å². The van der Waals surface area contributed by atoms with Crippen LogP contribution in [0.5, 0.6) is 0 Å². The number of thiophene rings is 1. The number of hydrogen-bond donors (Lipinski definition) is 0. The third-order valence-corrected chi connectivity index (χ3v) is 6.92. The molecule has 5 aromatic rings. The first-order valence-electron chi connectivity index (χ1n) is 9.84. The molecule has 0 saturated heterocycles. The lowest BCUT2D eigenvalue weighted by atomic mass is 10.1. The lowest BCUT2D eigenvalue weighted by molar-refractivity contribution is -0.118. The highest BCUT2D eigenvalue weighted by atomic mass is 32.1. The summed E-state index contributed by atoms with van der Waals surface area (Å²) in [6.07, 6.45) is 2.35. The van der Waals surface area contributed by atoms with Gasteiger partial charge < -0.3 is 0 Å². The molecule has 154 valence electrons. The molecule has 0 bridgehead atoms. The quantitative estimate of drug-likeness (QED) is 0.381. The molecule has 6 nitrogen and oxygen atoms in total. The normalized spacial score (nSPS) is 11.3. The van der Waals surface area contributed by atoms with Gasteiger partial charge in [-0.2, -0.15) is 0 Å². The van der Waals surface area contributed by atoms with Gasteiger partial charge in [-0.05, 0) is 47.7 Å². The molecular weight excluding hydrogens is 428 g/mol. The Labute approximate surface area is 186 Å². The molecule has 0 fully saturated rings. The van der Waals surface area contributed by atoms with Gasteiger partial charge in [0.1, 0.15) is 11.4 Å². The van der Waals surface area contributed by atoms with Crippen LogP contribution >= 0.6 is 22.7 Å². The predicted octanol–water partition coefficient (Wildman–Crippen LogP) is 5.00. The van der Waals surface area contributed by atoms with Crippen LogP contribution < -0.4 is 10.5 Å². The van der Waals surface area contributed by atoms with Gasteiger partial charge in [-0.1, -0.05) is 42.5 Å². The molecule has 0 atom stereocenters. The first kappa shape index (κ1) is 19.6. The molecule has 5 rings (SSSR count). The van der Waals surface area contributed by atoms with Gasteiger partial charge >= 0.3 is 0 Å². The van der Waals surface area contributed by atoms with Crippen LogP contribution in [0.25, 0.3) is 20.4 Å². The Bertz CT molecular complexity index is 1420. The average molecular weight is 447 g/mol. The Kier molecular flexibility index (Phi) is 5.09. The second-order valence-corrected chi connectivity index (χ2v) is 8.93. The van der Waals surface area contributed by atoms with Crippen molar-refractivity contribution >= 4 is 59.8 Å². The summed E-state index contributed by atoms with van der Waals surface area (Å²) in [5.41, 5.74) is 2.52. The van der Waals surface area contributed by atoms with E-state index in [0.29, 0.717) is 15.3 Å². The van der Waals surface area contributed by atoms with Gasteiger partial charge in [-0.3, -0.25) is 19.1 Å². The molecule has 0 N–H and O–H groups in total. The predicted molar refractivity (Wildman–Crippen MR) is 126 cm³/mol. The maximum Gasteiger partial charge on any atom is 0.262 e. The van der Waals surface area contributed by atoms with E-state index in [9.17, 15) is 9.59 Å². The van der Waals surface area contributed by atoms with Crippen molar-refractivity contribution in [3.8, 4) is 0 Å². The van der Waals surface area contributed by atoms with Crippen LogP contribution in [-0.2, 0) is 17.8 Å². The maximum atomic E-state index is 13.5. The highest BCUT2D eigenvalue weighted by molar-refractivity contribution is 7.22. The zero-order valence-corrected chi connectivity index (χ0v) is 18.3. The molecule has 0 aliphatic carbocycles. The minimum absolute atomic E-state index is 0.122. The summed E-state index contributed by atoms with van der Waals surface area (Å²) in [6, 6.07) is 17.4. The van der Waals surface area contributed by atoms with Gasteiger partial charge in [-0.25, -0.2) is 9.97 Å². The third-order valence-electron chi connectivity index (χ3n) is 5.08. The fourth-order valence-electron chi connectivity index (χ4n) is 3.42.